The van der Waals surface area contributed by atoms with E-state index in [0.717, 1.165) is 0 Å². The minimum Gasteiger partial charge on any atom is -0.325 e. The third-order valence-corrected chi connectivity index (χ3v) is 2.88. The maximum absolute atomic E-state index is 12.6. The van der Waals surface area contributed by atoms with Crippen LogP contribution in [0.4, 0.5) is 17.6 Å². The summed E-state index contributed by atoms with van der Waals surface area (Å²) < 4.78 is 59.6. The topological polar surface area (TPSA) is 35.5 Å². The van der Waals surface area contributed by atoms with Crippen LogP contribution in [0, 0.1) is 0 Å². The molecular weight excluding hydrogens is 232 g/mol. The lowest BCUT2D eigenvalue weighted by Gasteiger charge is -2.29. The first-order valence-corrected chi connectivity index (χ1v) is 4.53. The van der Waals surface area contributed by atoms with Gasteiger partial charge in [-0.3, -0.25) is 4.79 Å². The standard InChI is InChI=1S/C9H12F4O3/c1-6(2)7(3,4)16-8(15-6,5(10)14)9(11,12)13/h1-4H3. The second-order valence-electron chi connectivity index (χ2n) is 4.61. The average Bonchev–Trinajstić information content (AvgIpc) is 2.17. The minimum absolute atomic E-state index is 1.30. The Morgan fingerprint density at radius 1 is 1.00 bits per heavy atom. The van der Waals surface area contributed by atoms with Gasteiger partial charge < -0.3 is 9.47 Å². The van der Waals surface area contributed by atoms with E-state index in [1.54, 1.807) is 0 Å². The quantitative estimate of drug-likeness (QED) is 0.524. The molecular formula is C9H12F4O3. The average molecular weight is 244 g/mol. The van der Waals surface area contributed by atoms with E-state index in [1.165, 1.54) is 27.7 Å². The van der Waals surface area contributed by atoms with Gasteiger partial charge in [0.05, 0.1) is 11.2 Å². The first-order chi connectivity index (χ1) is 6.86. The fraction of sp³-hybridized carbons (Fsp3) is 0.889. The summed E-state index contributed by atoms with van der Waals surface area (Å²) in [7, 11) is 0. The third-order valence-electron chi connectivity index (χ3n) is 2.88. The normalized spacial score (nSPS) is 26.8. The van der Waals surface area contributed by atoms with Crippen LogP contribution in [-0.2, 0) is 14.3 Å². The van der Waals surface area contributed by atoms with Crippen molar-refractivity contribution in [3.8, 4) is 0 Å². The van der Waals surface area contributed by atoms with E-state index >= 15 is 0 Å². The second-order valence-corrected chi connectivity index (χ2v) is 4.61. The van der Waals surface area contributed by atoms with Gasteiger partial charge in [0.2, 0.25) is 0 Å². The number of ether oxygens (including phenoxy) is 2. The highest BCUT2D eigenvalue weighted by Crippen LogP contribution is 2.51. The monoisotopic (exact) mass is 244 g/mol. The molecule has 1 aliphatic rings. The Labute approximate surface area is 89.7 Å². The summed E-state index contributed by atoms with van der Waals surface area (Å²) in [5.41, 5.74) is -2.88. The van der Waals surface area contributed by atoms with Gasteiger partial charge in [-0.2, -0.15) is 17.6 Å². The van der Waals surface area contributed by atoms with Crippen LogP contribution in [-0.4, -0.2) is 29.2 Å². The molecule has 0 aromatic rings. The molecule has 0 radical (unpaired) electrons. The van der Waals surface area contributed by atoms with Crippen molar-refractivity contribution >= 4 is 6.04 Å². The summed E-state index contributed by atoms with van der Waals surface area (Å²) in [4.78, 5) is 10.6. The van der Waals surface area contributed by atoms with Crippen LogP contribution in [0.5, 0.6) is 0 Å². The van der Waals surface area contributed by atoms with Crippen molar-refractivity contribution in [2.45, 2.75) is 50.9 Å². The highest BCUT2D eigenvalue weighted by atomic mass is 19.4. The van der Waals surface area contributed by atoms with Crippen molar-refractivity contribution < 1.29 is 31.8 Å². The number of hydrogen-bond donors (Lipinski definition) is 0. The fourth-order valence-corrected chi connectivity index (χ4v) is 1.29. The number of carbonyl (C=O) groups excluding carboxylic acids is 1. The molecule has 0 saturated carbocycles. The molecule has 1 saturated heterocycles. The van der Waals surface area contributed by atoms with E-state index in [4.69, 9.17) is 0 Å². The zero-order valence-electron chi connectivity index (χ0n) is 9.24. The molecule has 1 fully saturated rings. The summed E-state index contributed by atoms with van der Waals surface area (Å²) in [6, 6.07) is -2.70. The van der Waals surface area contributed by atoms with Gasteiger partial charge in [-0.05, 0) is 27.7 Å². The van der Waals surface area contributed by atoms with Gasteiger partial charge in [0, 0.05) is 0 Å². The van der Waals surface area contributed by atoms with Crippen molar-refractivity contribution in [3.63, 3.8) is 0 Å². The molecule has 0 spiro atoms. The summed E-state index contributed by atoms with van der Waals surface area (Å²) in [6.45, 7) is 5.18. The SMILES string of the molecule is CC1(C)OC(C(=O)F)(C(F)(F)F)OC1(C)C. The maximum Gasteiger partial charge on any atom is 0.454 e. The first kappa shape index (κ1) is 13.4. The van der Waals surface area contributed by atoms with Crippen LogP contribution >= 0.6 is 0 Å². The van der Waals surface area contributed by atoms with E-state index in [1.807, 2.05) is 0 Å². The predicted octanol–water partition coefficient (Wildman–Crippen LogP) is 2.35. The molecule has 0 aliphatic carbocycles. The molecule has 1 heterocycles. The van der Waals surface area contributed by atoms with E-state index in [9.17, 15) is 22.4 Å². The van der Waals surface area contributed by atoms with Crippen LogP contribution in [0.1, 0.15) is 27.7 Å². The van der Waals surface area contributed by atoms with Gasteiger partial charge >= 0.3 is 18.0 Å². The van der Waals surface area contributed by atoms with Crippen molar-refractivity contribution in [3.05, 3.63) is 0 Å². The third kappa shape index (κ3) is 1.62. The van der Waals surface area contributed by atoms with Crippen molar-refractivity contribution in [2.75, 3.05) is 0 Å². The summed E-state index contributed by atoms with van der Waals surface area (Å²) >= 11 is 0. The molecule has 0 amide bonds. The summed E-state index contributed by atoms with van der Waals surface area (Å²) in [6.07, 6.45) is -5.26. The van der Waals surface area contributed by atoms with Crippen LogP contribution in [0.2, 0.25) is 0 Å². The molecule has 16 heavy (non-hydrogen) atoms. The van der Waals surface area contributed by atoms with Gasteiger partial charge in [0.15, 0.2) is 0 Å². The van der Waals surface area contributed by atoms with Crippen LogP contribution < -0.4 is 0 Å². The van der Waals surface area contributed by atoms with Gasteiger partial charge in [0.1, 0.15) is 0 Å². The number of carbonyl (C=O) groups is 1. The lowest BCUT2D eigenvalue weighted by atomic mass is 9.90. The van der Waals surface area contributed by atoms with Crippen molar-refractivity contribution in [1.29, 1.82) is 0 Å². The Bertz CT molecular complexity index is 303. The van der Waals surface area contributed by atoms with Gasteiger partial charge in [-0.1, -0.05) is 0 Å². The highest BCUT2D eigenvalue weighted by Gasteiger charge is 2.74. The van der Waals surface area contributed by atoms with E-state index < -0.39 is 29.2 Å². The first-order valence-electron chi connectivity index (χ1n) is 4.53. The molecule has 7 heteroatoms. The lowest BCUT2D eigenvalue weighted by Crippen LogP contribution is -2.53. The molecule has 0 atom stereocenters. The van der Waals surface area contributed by atoms with Crippen LogP contribution in [0.25, 0.3) is 0 Å². The molecule has 1 rings (SSSR count). The smallest absolute Gasteiger partial charge is 0.325 e. The van der Waals surface area contributed by atoms with Gasteiger partial charge in [0.25, 0.3) is 0 Å². The Hall–Kier alpha value is -0.690. The number of rotatable bonds is 1. The Kier molecular flexibility index (Phi) is 2.64. The summed E-state index contributed by atoms with van der Waals surface area (Å²) in [5, 5.41) is 0. The number of halogens is 4. The van der Waals surface area contributed by atoms with E-state index in [-0.39, 0.29) is 0 Å². The number of hydrogen-bond acceptors (Lipinski definition) is 3. The Morgan fingerprint density at radius 2 is 1.31 bits per heavy atom. The molecule has 0 unspecified atom stereocenters. The van der Waals surface area contributed by atoms with E-state index in [2.05, 4.69) is 9.47 Å². The molecule has 0 aromatic carbocycles. The molecule has 0 bridgehead atoms. The van der Waals surface area contributed by atoms with Crippen LogP contribution in [0.3, 0.4) is 0 Å². The lowest BCUT2D eigenvalue weighted by molar-refractivity contribution is -0.342. The molecule has 3 nitrogen and oxygen atoms in total. The zero-order chi connectivity index (χ0) is 13.0. The molecule has 0 N–H and O–H groups in total. The summed E-state index contributed by atoms with van der Waals surface area (Å²) in [5.74, 6) is -3.81. The molecule has 0 aromatic heterocycles. The second kappa shape index (κ2) is 3.16. The Morgan fingerprint density at radius 3 is 1.44 bits per heavy atom. The number of alkyl halides is 3. The van der Waals surface area contributed by atoms with Crippen molar-refractivity contribution in [1.82, 2.24) is 0 Å². The molecule has 94 valence electrons. The Balaban J connectivity index is 3.27. The van der Waals surface area contributed by atoms with E-state index in [0.29, 0.717) is 0 Å². The minimum atomic E-state index is -5.26. The maximum atomic E-state index is 12.6. The van der Waals surface area contributed by atoms with Gasteiger partial charge in [-0.15, -0.1) is 0 Å². The highest BCUT2D eigenvalue weighted by molar-refractivity contribution is 5.78. The van der Waals surface area contributed by atoms with Crippen molar-refractivity contribution in [2.24, 2.45) is 0 Å². The molecule has 1 aliphatic heterocycles. The predicted molar refractivity (Wildman–Crippen MR) is 45.2 cm³/mol. The fourth-order valence-electron chi connectivity index (χ4n) is 1.29. The zero-order valence-corrected chi connectivity index (χ0v) is 9.24. The van der Waals surface area contributed by atoms with Crippen LogP contribution in [0.15, 0.2) is 0 Å². The largest absolute Gasteiger partial charge is 0.454 e. The van der Waals surface area contributed by atoms with Gasteiger partial charge in [-0.25, -0.2) is 0 Å².